The highest BCUT2D eigenvalue weighted by Crippen LogP contribution is 2.58. The smallest absolute Gasteiger partial charge is 0.0619 e. The highest BCUT2D eigenvalue weighted by atomic mass is 14.5. The topological polar surface area (TPSA) is 0 Å². The maximum Gasteiger partial charge on any atom is 0.0725 e. The van der Waals surface area contributed by atoms with E-state index in [9.17, 15) is 0 Å². The largest absolute Gasteiger partial charge is 0.0725 e. The third-order valence-corrected chi connectivity index (χ3v) is 7.34. The van der Waals surface area contributed by atoms with Crippen LogP contribution in [0.4, 0.5) is 0 Å². The Labute approximate surface area is 193 Å². The lowest BCUT2D eigenvalue weighted by Gasteiger charge is -2.35. The zero-order valence-electron chi connectivity index (χ0n) is 18.2. The van der Waals surface area contributed by atoms with Gasteiger partial charge in [0.15, 0.2) is 0 Å². The lowest BCUT2D eigenvalue weighted by atomic mass is 9.65. The Kier molecular flexibility index (Phi) is 3.86. The third-order valence-electron chi connectivity index (χ3n) is 7.34. The summed E-state index contributed by atoms with van der Waals surface area (Å²) in [5.41, 5.74) is 7.67. The number of hydrogen-bond acceptors (Lipinski definition) is 0. The second-order valence-corrected chi connectivity index (χ2v) is 8.89. The molecule has 0 aliphatic heterocycles. The van der Waals surface area contributed by atoms with Crippen LogP contribution < -0.4 is 0 Å². The van der Waals surface area contributed by atoms with Gasteiger partial charge in [-0.15, -0.1) is 0 Å². The van der Waals surface area contributed by atoms with Crippen molar-refractivity contribution in [1.29, 1.82) is 0 Å². The van der Waals surface area contributed by atoms with Crippen LogP contribution in [-0.2, 0) is 5.41 Å². The molecule has 0 amide bonds. The van der Waals surface area contributed by atoms with Crippen molar-refractivity contribution in [2.24, 2.45) is 0 Å². The molecule has 0 saturated carbocycles. The van der Waals surface area contributed by atoms with Crippen LogP contribution in [0.2, 0.25) is 0 Å². The molecule has 0 unspecified atom stereocenters. The van der Waals surface area contributed by atoms with Crippen molar-refractivity contribution in [3.8, 4) is 11.1 Å². The van der Waals surface area contributed by atoms with E-state index < -0.39 is 5.41 Å². The first-order valence-corrected chi connectivity index (χ1v) is 11.5. The first-order chi connectivity index (χ1) is 16.4. The minimum atomic E-state index is -0.394. The quantitative estimate of drug-likeness (QED) is 0.265. The first-order valence-electron chi connectivity index (χ1n) is 11.5. The molecule has 0 heteroatoms. The molecule has 1 aliphatic carbocycles. The van der Waals surface area contributed by atoms with E-state index in [4.69, 9.17) is 0 Å². The number of hydrogen-bond donors (Lipinski definition) is 0. The summed E-state index contributed by atoms with van der Waals surface area (Å²) >= 11 is 0. The van der Waals surface area contributed by atoms with Crippen molar-refractivity contribution in [2.75, 3.05) is 0 Å². The van der Waals surface area contributed by atoms with Crippen LogP contribution in [0.15, 0.2) is 133 Å². The van der Waals surface area contributed by atoms with E-state index in [-0.39, 0.29) is 0 Å². The SMILES string of the molecule is c1ccc2c(c1)-c1ccccc1C2(c1cccc2ccccc12)c1cccc2ccccc12. The number of benzene rings is 6. The summed E-state index contributed by atoms with van der Waals surface area (Å²) in [6.45, 7) is 0. The highest BCUT2D eigenvalue weighted by Gasteiger charge is 2.47. The van der Waals surface area contributed by atoms with Crippen LogP contribution in [0.25, 0.3) is 32.7 Å². The Morgan fingerprint density at radius 2 is 0.667 bits per heavy atom. The van der Waals surface area contributed by atoms with E-state index in [1.165, 1.54) is 54.9 Å². The molecule has 7 rings (SSSR count). The fraction of sp³-hybridized carbons (Fsp3) is 0.0303. The Bertz CT molecular complexity index is 1530. The van der Waals surface area contributed by atoms with Crippen LogP contribution in [-0.4, -0.2) is 0 Å². The molecule has 6 aromatic carbocycles. The predicted octanol–water partition coefficient (Wildman–Crippen LogP) is 8.36. The number of rotatable bonds is 2. The molecule has 0 radical (unpaired) electrons. The summed E-state index contributed by atoms with van der Waals surface area (Å²) in [5.74, 6) is 0. The molecular formula is C33H22. The van der Waals surface area contributed by atoms with E-state index in [2.05, 4.69) is 133 Å². The normalized spacial score (nSPS) is 13.7. The van der Waals surface area contributed by atoms with Gasteiger partial charge in [-0.2, -0.15) is 0 Å². The average molecular weight is 419 g/mol. The average Bonchev–Trinajstić information content (AvgIpc) is 3.19. The van der Waals surface area contributed by atoms with Crippen molar-refractivity contribution in [2.45, 2.75) is 5.41 Å². The highest BCUT2D eigenvalue weighted by molar-refractivity contribution is 5.98. The van der Waals surface area contributed by atoms with Gasteiger partial charge in [-0.25, -0.2) is 0 Å². The van der Waals surface area contributed by atoms with Crippen LogP contribution >= 0.6 is 0 Å². The van der Waals surface area contributed by atoms with Gasteiger partial charge in [0.1, 0.15) is 0 Å². The van der Waals surface area contributed by atoms with Gasteiger partial charge in [0.2, 0.25) is 0 Å². The number of fused-ring (bicyclic) bond motifs is 5. The molecule has 0 nitrogen and oxygen atoms in total. The summed E-state index contributed by atoms with van der Waals surface area (Å²) in [7, 11) is 0. The molecule has 0 aromatic heterocycles. The Hall–Kier alpha value is -4.16. The molecule has 0 atom stereocenters. The fourth-order valence-electron chi connectivity index (χ4n) is 6.07. The summed E-state index contributed by atoms with van der Waals surface area (Å²) in [6.07, 6.45) is 0. The molecule has 0 saturated heterocycles. The minimum Gasteiger partial charge on any atom is -0.0619 e. The Balaban J connectivity index is 1.76. The van der Waals surface area contributed by atoms with Crippen molar-refractivity contribution < 1.29 is 0 Å². The standard InChI is InChI=1S/C33H22/c1-3-15-25-23(11-1)13-9-21-29(25)33(30-22-10-14-24-12-2-4-16-26(24)30)31-19-7-5-17-27(31)28-18-6-8-20-32(28)33/h1-22H. The van der Waals surface area contributed by atoms with E-state index in [1.54, 1.807) is 0 Å². The van der Waals surface area contributed by atoms with Crippen molar-refractivity contribution >= 4 is 21.5 Å². The van der Waals surface area contributed by atoms with Gasteiger partial charge in [-0.05, 0) is 54.9 Å². The Morgan fingerprint density at radius 3 is 1.18 bits per heavy atom. The zero-order chi connectivity index (χ0) is 21.8. The van der Waals surface area contributed by atoms with Gasteiger partial charge in [-0.1, -0.05) is 133 Å². The molecule has 0 heterocycles. The summed E-state index contributed by atoms with van der Waals surface area (Å²) < 4.78 is 0. The second-order valence-electron chi connectivity index (χ2n) is 8.89. The summed E-state index contributed by atoms with van der Waals surface area (Å²) in [6, 6.07) is 49.1. The molecule has 0 N–H and O–H groups in total. The monoisotopic (exact) mass is 418 g/mol. The van der Waals surface area contributed by atoms with Crippen molar-refractivity contribution in [3.05, 3.63) is 156 Å². The molecule has 1 aliphatic rings. The van der Waals surface area contributed by atoms with Gasteiger partial charge in [0.25, 0.3) is 0 Å². The van der Waals surface area contributed by atoms with Gasteiger partial charge in [0, 0.05) is 0 Å². The van der Waals surface area contributed by atoms with E-state index in [1.807, 2.05) is 0 Å². The molecule has 154 valence electrons. The summed E-state index contributed by atoms with van der Waals surface area (Å²) in [5, 5.41) is 5.16. The van der Waals surface area contributed by atoms with Crippen LogP contribution in [0.5, 0.6) is 0 Å². The van der Waals surface area contributed by atoms with E-state index in [0.29, 0.717) is 0 Å². The maximum atomic E-state index is 2.34. The fourth-order valence-corrected chi connectivity index (χ4v) is 6.07. The minimum absolute atomic E-state index is 0.394. The first kappa shape index (κ1) is 18.4. The van der Waals surface area contributed by atoms with Gasteiger partial charge in [-0.3, -0.25) is 0 Å². The van der Waals surface area contributed by atoms with Crippen molar-refractivity contribution in [3.63, 3.8) is 0 Å². The molecule has 0 fully saturated rings. The van der Waals surface area contributed by atoms with Gasteiger partial charge >= 0.3 is 0 Å². The van der Waals surface area contributed by atoms with E-state index in [0.717, 1.165) is 0 Å². The second kappa shape index (κ2) is 6.92. The summed E-state index contributed by atoms with van der Waals surface area (Å²) in [4.78, 5) is 0. The lowest BCUT2D eigenvalue weighted by Crippen LogP contribution is -2.29. The molecular weight excluding hydrogens is 396 g/mol. The van der Waals surface area contributed by atoms with Crippen molar-refractivity contribution in [1.82, 2.24) is 0 Å². The molecule has 0 bridgehead atoms. The third kappa shape index (κ3) is 2.41. The zero-order valence-corrected chi connectivity index (χ0v) is 18.2. The lowest BCUT2D eigenvalue weighted by molar-refractivity contribution is 0.784. The van der Waals surface area contributed by atoms with Gasteiger partial charge < -0.3 is 0 Å². The predicted molar refractivity (Wildman–Crippen MR) is 139 cm³/mol. The van der Waals surface area contributed by atoms with E-state index >= 15 is 0 Å². The Morgan fingerprint density at radius 1 is 0.303 bits per heavy atom. The molecule has 33 heavy (non-hydrogen) atoms. The maximum absolute atomic E-state index is 2.34. The van der Waals surface area contributed by atoms with Gasteiger partial charge in [0.05, 0.1) is 5.41 Å². The molecule has 0 spiro atoms. The molecule has 6 aromatic rings. The van der Waals surface area contributed by atoms with Crippen LogP contribution in [0.1, 0.15) is 22.3 Å². The van der Waals surface area contributed by atoms with Crippen LogP contribution in [0.3, 0.4) is 0 Å². The van der Waals surface area contributed by atoms with Crippen LogP contribution in [0, 0.1) is 0 Å².